The average Bonchev–Trinajstić information content (AvgIpc) is 2.71. The van der Waals surface area contributed by atoms with Gasteiger partial charge in [0.25, 0.3) is 0 Å². The van der Waals surface area contributed by atoms with Crippen molar-refractivity contribution in [1.82, 2.24) is 0 Å². The van der Waals surface area contributed by atoms with Gasteiger partial charge < -0.3 is 9.47 Å². The zero-order valence-corrected chi connectivity index (χ0v) is 13.0. The summed E-state index contributed by atoms with van der Waals surface area (Å²) in [5.41, 5.74) is 3.74. The van der Waals surface area contributed by atoms with E-state index in [0.717, 1.165) is 24.5 Å². The summed E-state index contributed by atoms with van der Waals surface area (Å²) in [6, 6.07) is 14.6. The first kappa shape index (κ1) is 13.5. The maximum Gasteiger partial charge on any atom is 0.161 e. The fraction of sp³-hybridized carbons (Fsp3) is 0.294. The Bertz CT molecular complexity index is 610. The molecule has 1 atom stereocenters. The van der Waals surface area contributed by atoms with Crippen LogP contribution in [-0.2, 0) is 0 Å². The predicted molar refractivity (Wildman–Crippen MR) is 84.0 cm³/mol. The molecule has 1 heterocycles. The maximum absolute atomic E-state index is 5.76. The lowest BCUT2D eigenvalue weighted by Gasteiger charge is -2.15. The van der Waals surface area contributed by atoms with Gasteiger partial charge in [0, 0.05) is 6.42 Å². The van der Waals surface area contributed by atoms with Crippen LogP contribution >= 0.6 is 15.9 Å². The Morgan fingerprint density at radius 1 is 1.00 bits per heavy atom. The number of hydrogen-bond acceptors (Lipinski definition) is 2. The molecule has 0 fully saturated rings. The molecule has 2 aromatic carbocycles. The first-order valence-electron chi connectivity index (χ1n) is 6.85. The van der Waals surface area contributed by atoms with Crippen molar-refractivity contribution in [2.45, 2.75) is 18.2 Å². The Morgan fingerprint density at radius 3 is 2.55 bits per heavy atom. The highest BCUT2D eigenvalue weighted by molar-refractivity contribution is 9.09. The van der Waals surface area contributed by atoms with Crippen molar-refractivity contribution >= 4 is 15.9 Å². The van der Waals surface area contributed by atoms with Crippen molar-refractivity contribution in [3.05, 3.63) is 59.2 Å². The number of ether oxygens (including phenoxy) is 2. The van der Waals surface area contributed by atoms with Crippen molar-refractivity contribution in [3.8, 4) is 11.5 Å². The van der Waals surface area contributed by atoms with Crippen LogP contribution in [0.25, 0.3) is 0 Å². The highest BCUT2D eigenvalue weighted by Crippen LogP contribution is 2.38. The van der Waals surface area contributed by atoms with Gasteiger partial charge >= 0.3 is 0 Å². The molecule has 0 aliphatic carbocycles. The van der Waals surface area contributed by atoms with Gasteiger partial charge in [0.05, 0.1) is 18.0 Å². The summed E-state index contributed by atoms with van der Waals surface area (Å²) in [5, 5.41) is 0. The van der Waals surface area contributed by atoms with Gasteiger partial charge in [-0.25, -0.2) is 0 Å². The van der Waals surface area contributed by atoms with Crippen LogP contribution in [0.4, 0.5) is 0 Å². The Balaban J connectivity index is 1.94. The molecule has 3 rings (SSSR count). The molecule has 0 saturated heterocycles. The normalized spacial score (nSPS) is 15.5. The third-order valence-electron chi connectivity index (χ3n) is 3.53. The second-order valence-electron chi connectivity index (χ2n) is 4.98. The van der Waals surface area contributed by atoms with Crippen molar-refractivity contribution in [1.29, 1.82) is 0 Å². The molecule has 1 unspecified atom stereocenters. The number of benzene rings is 2. The van der Waals surface area contributed by atoms with Crippen molar-refractivity contribution in [2.75, 3.05) is 13.2 Å². The summed E-state index contributed by atoms with van der Waals surface area (Å²) in [4.78, 5) is 0.167. The highest BCUT2D eigenvalue weighted by Gasteiger charge is 2.16. The van der Waals surface area contributed by atoms with E-state index in [0.29, 0.717) is 6.61 Å². The summed E-state index contributed by atoms with van der Waals surface area (Å²) in [6.07, 6.45) is 0.930. The zero-order chi connectivity index (χ0) is 13.9. The molecule has 20 heavy (non-hydrogen) atoms. The van der Waals surface area contributed by atoms with Crippen LogP contribution in [-0.4, -0.2) is 13.2 Å². The van der Waals surface area contributed by atoms with Gasteiger partial charge in [-0.05, 0) is 35.7 Å². The molecule has 0 spiro atoms. The summed E-state index contributed by atoms with van der Waals surface area (Å²) < 4.78 is 11.4. The lowest BCUT2D eigenvalue weighted by atomic mass is 10.0. The number of halogens is 1. The Kier molecular flexibility index (Phi) is 3.97. The minimum atomic E-state index is 0.167. The molecule has 1 aliphatic heterocycles. The second kappa shape index (κ2) is 5.88. The van der Waals surface area contributed by atoms with Gasteiger partial charge in [0.15, 0.2) is 11.5 Å². The summed E-state index contributed by atoms with van der Waals surface area (Å²) in [5.74, 6) is 1.69. The Morgan fingerprint density at radius 2 is 1.75 bits per heavy atom. The van der Waals surface area contributed by atoms with Gasteiger partial charge in [-0.15, -0.1) is 0 Å². The fourth-order valence-electron chi connectivity index (χ4n) is 2.39. The minimum Gasteiger partial charge on any atom is -0.490 e. The predicted octanol–water partition coefficient (Wildman–Crippen LogP) is 4.64. The Labute approximate surface area is 127 Å². The Hall–Kier alpha value is -1.48. The van der Waals surface area contributed by atoms with Crippen molar-refractivity contribution in [3.63, 3.8) is 0 Å². The van der Waals surface area contributed by atoms with Gasteiger partial charge in [-0.3, -0.25) is 0 Å². The van der Waals surface area contributed by atoms with Crippen LogP contribution in [0.15, 0.2) is 42.5 Å². The molecular weight excluding hydrogens is 316 g/mol. The lowest BCUT2D eigenvalue weighted by Crippen LogP contribution is -1.98. The third-order valence-corrected chi connectivity index (χ3v) is 4.55. The molecule has 0 amide bonds. The van der Waals surface area contributed by atoms with Crippen LogP contribution in [0.5, 0.6) is 11.5 Å². The number of rotatable bonds is 2. The van der Waals surface area contributed by atoms with Gasteiger partial charge in [-0.2, -0.15) is 0 Å². The van der Waals surface area contributed by atoms with Gasteiger partial charge in [-0.1, -0.05) is 46.3 Å². The topological polar surface area (TPSA) is 18.5 Å². The lowest BCUT2D eigenvalue weighted by molar-refractivity contribution is 0.297. The van der Waals surface area contributed by atoms with Crippen LogP contribution in [0.2, 0.25) is 0 Å². The molecule has 1 aliphatic rings. The number of fused-ring (bicyclic) bond motifs is 1. The molecule has 0 saturated carbocycles. The number of hydrogen-bond donors (Lipinski definition) is 0. The van der Waals surface area contributed by atoms with E-state index in [9.17, 15) is 0 Å². The van der Waals surface area contributed by atoms with E-state index in [2.05, 4.69) is 59.3 Å². The molecule has 0 N–H and O–H groups in total. The molecule has 0 radical (unpaired) electrons. The van der Waals surface area contributed by atoms with Gasteiger partial charge in [0.1, 0.15) is 0 Å². The molecule has 2 nitrogen and oxygen atoms in total. The van der Waals surface area contributed by atoms with E-state index < -0.39 is 0 Å². The minimum absolute atomic E-state index is 0.167. The van der Waals surface area contributed by atoms with Crippen LogP contribution < -0.4 is 9.47 Å². The summed E-state index contributed by atoms with van der Waals surface area (Å²) in [7, 11) is 0. The van der Waals surface area contributed by atoms with Gasteiger partial charge in [0.2, 0.25) is 0 Å². The fourth-order valence-corrected chi connectivity index (χ4v) is 3.19. The molecular formula is C17H17BrO2. The van der Waals surface area contributed by atoms with Crippen molar-refractivity contribution < 1.29 is 9.47 Å². The molecule has 104 valence electrons. The van der Waals surface area contributed by atoms with E-state index in [-0.39, 0.29) is 4.83 Å². The van der Waals surface area contributed by atoms with Crippen molar-refractivity contribution in [2.24, 2.45) is 0 Å². The van der Waals surface area contributed by atoms with E-state index in [1.165, 1.54) is 16.7 Å². The third kappa shape index (κ3) is 2.68. The highest BCUT2D eigenvalue weighted by atomic mass is 79.9. The van der Waals surface area contributed by atoms with Crippen LogP contribution in [0.3, 0.4) is 0 Å². The second-order valence-corrected chi connectivity index (χ2v) is 5.89. The zero-order valence-electron chi connectivity index (χ0n) is 11.4. The largest absolute Gasteiger partial charge is 0.490 e. The molecule has 0 bridgehead atoms. The smallest absolute Gasteiger partial charge is 0.161 e. The van der Waals surface area contributed by atoms with E-state index in [4.69, 9.17) is 9.47 Å². The summed E-state index contributed by atoms with van der Waals surface area (Å²) in [6.45, 7) is 3.57. The molecule has 2 aromatic rings. The molecule has 3 heteroatoms. The van der Waals surface area contributed by atoms with E-state index in [1.54, 1.807) is 0 Å². The number of alkyl halides is 1. The standard InChI is InChI=1S/C17H17BrO2/c1-12-5-2-3-6-14(12)17(18)13-7-8-15-16(11-13)20-10-4-9-19-15/h2-3,5-8,11,17H,4,9-10H2,1H3. The van der Waals surface area contributed by atoms with E-state index in [1.807, 2.05) is 6.07 Å². The first-order chi connectivity index (χ1) is 9.75. The maximum atomic E-state index is 5.76. The SMILES string of the molecule is Cc1ccccc1C(Br)c1ccc2c(c1)OCCCO2. The first-order valence-corrected chi connectivity index (χ1v) is 7.76. The average molecular weight is 333 g/mol. The summed E-state index contributed by atoms with van der Waals surface area (Å²) >= 11 is 3.80. The number of aryl methyl sites for hydroxylation is 1. The van der Waals surface area contributed by atoms with Crippen LogP contribution in [0, 0.1) is 6.92 Å². The quantitative estimate of drug-likeness (QED) is 0.746. The monoisotopic (exact) mass is 332 g/mol. The molecule has 0 aromatic heterocycles. The van der Waals surface area contributed by atoms with E-state index >= 15 is 0 Å². The van der Waals surface area contributed by atoms with Crippen LogP contribution in [0.1, 0.15) is 27.9 Å².